The van der Waals surface area contributed by atoms with Crippen LogP contribution in [0.1, 0.15) is 39.0 Å². The number of hydrogen-bond donors (Lipinski definition) is 1. The summed E-state index contributed by atoms with van der Waals surface area (Å²) in [7, 11) is 0. The molecule has 1 aromatic heterocycles. The molecular formula is C13H17ClN4O4. The summed E-state index contributed by atoms with van der Waals surface area (Å²) in [4.78, 5) is 31.4. The van der Waals surface area contributed by atoms with E-state index < -0.39 is 16.9 Å². The van der Waals surface area contributed by atoms with E-state index in [9.17, 15) is 20.0 Å². The number of carbonyl (C=O) groups is 1. The van der Waals surface area contributed by atoms with Crippen LogP contribution in [0.4, 0.5) is 11.5 Å². The Kier molecular flexibility index (Phi) is 5.12. The molecule has 0 unspecified atom stereocenters. The number of anilines is 1. The van der Waals surface area contributed by atoms with Crippen LogP contribution in [-0.2, 0) is 4.79 Å². The maximum absolute atomic E-state index is 11.6. The molecule has 1 atom stereocenters. The highest BCUT2D eigenvalue weighted by atomic mass is 35.5. The van der Waals surface area contributed by atoms with E-state index in [0.717, 1.165) is 31.9 Å². The Balaban J connectivity index is 2.55. The molecule has 1 aliphatic carbocycles. The summed E-state index contributed by atoms with van der Waals surface area (Å²) in [5, 5.41) is 20.6. The van der Waals surface area contributed by atoms with Gasteiger partial charge in [-0.15, -0.1) is 0 Å². The van der Waals surface area contributed by atoms with Gasteiger partial charge in [0.2, 0.25) is 11.1 Å². The lowest BCUT2D eigenvalue weighted by atomic mass is 10.1. The molecule has 2 rings (SSSR count). The van der Waals surface area contributed by atoms with Crippen molar-refractivity contribution >= 4 is 29.1 Å². The minimum Gasteiger partial charge on any atom is -0.480 e. The third kappa shape index (κ3) is 3.27. The standard InChI is InChI=1S/C13H17ClN4O4/c1-2-9(12(19)20)17(8-5-3-4-6-8)11-10(18(21)22)7-15-13(14)16-11/h7-9H,2-6H2,1H3,(H,19,20)/t9-/m0/s1. The molecule has 0 bridgehead atoms. The fraction of sp³-hybridized carbons (Fsp3) is 0.615. The minimum atomic E-state index is -1.03. The predicted octanol–water partition coefficient (Wildman–Crippen LogP) is 2.65. The molecule has 0 saturated heterocycles. The van der Waals surface area contributed by atoms with Gasteiger partial charge in [0, 0.05) is 6.04 Å². The van der Waals surface area contributed by atoms with Gasteiger partial charge in [0.25, 0.3) is 0 Å². The topological polar surface area (TPSA) is 109 Å². The minimum absolute atomic E-state index is 0.00819. The Bertz CT molecular complexity index is 577. The Morgan fingerprint density at radius 3 is 2.73 bits per heavy atom. The van der Waals surface area contributed by atoms with Crippen molar-refractivity contribution in [2.75, 3.05) is 4.90 Å². The molecule has 1 aliphatic rings. The van der Waals surface area contributed by atoms with E-state index in [1.165, 1.54) is 0 Å². The number of hydrogen-bond acceptors (Lipinski definition) is 6. The molecule has 1 aromatic rings. The Morgan fingerprint density at radius 1 is 1.59 bits per heavy atom. The van der Waals surface area contributed by atoms with Crippen molar-refractivity contribution < 1.29 is 14.8 Å². The van der Waals surface area contributed by atoms with Crippen molar-refractivity contribution in [3.63, 3.8) is 0 Å². The van der Waals surface area contributed by atoms with E-state index in [0.29, 0.717) is 6.42 Å². The largest absolute Gasteiger partial charge is 0.480 e. The summed E-state index contributed by atoms with van der Waals surface area (Å²) in [5.41, 5.74) is -0.323. The smallest absolute Gasteiger partial charge is 0.329 e. The molecule has 8 nitrogen and oxygen atoms in total. The molecule has 0 aromatic carbocycles. The molecule has 0 spiro atoms. The maximum Gasteiger partial charge on any atom is 0.329 e. The van der Waals surface area contributed by atoms with Crippen molar-refractivity contribution in [2.24, 2.45) is 0 Å². The van der Waals surface area contributed by atoms with Gasteiger partial charge in [-0.2, -0.15) is 4.98 Å². The molecule has 1 heterocycles. The van der Waals surface area contributed by atoms with Crippen LogP contribution in [0.2, 0.25) is 5.28 Å². The average Bonchev–Trinajstić information content (AvgIpc) is 2.97. The molecule has 0 amide bonds. The second kappa shape index (κ2) is 6.87. The van der Waals surface area contributed by atoms with Crippen molar-refractivity contribution in [1.29, 1.82) is 0 Å². The zero-order valence-electron chi connectivity index (χ0n) is 12.1. The van der Waals surface area contributed by atoms with Crippen molar-refractivity contribution in [2.45, 2.75) is 51.1 Å². The normalized spacial score (nSPS) is 16.5. The summed E-state index contributed by atoms with van der Waals surface area (Å²) >= 11 is 5.78. The van der Waals surface area contributed by atoms with Gasteiger partial charge in [-0.25, -0.2) is 9.78 Å². The van der Waals surface area contributed by atoms with E-state index >= 15 is 0 Å². The van der Waals surface area contributed by atoms with Crippen LogP contribution in [0, 0.1) is 10.1 Å². The number of aromatic nitrogens is 2. The van der Waals surface area contributed by atoms with E-state index in [1.807, 2.05) is 0 Å². The number of halogens is 1. The van der Waals surface area contributed by atoms with Crippen LogP contribution in [0.5, 0.6) is 0 Å². The van der Waals surface area contributed by atoms with Crippen LogP contribution < -0.4 is 4.90 Å². The lowest BCUT2D eigenvalue weighted by molar-refractivity contribution is -0.384. The Hall–Kier alpha value is -1.96. The number of carboxylic acid groups (broad SMARTS) is 1. The number of nitro groups is 1. The summed E-state index contributed by atoms with van der Waals surface area (Å²) in [6, 6.07) is -0.974. The second-order valence-corrected chi connectivity index (χ2v) is 5.55. The number of carboxylic acids is 1. The van der Waals surface area contributed by atoms with Gasteiger partial charge < -0.3 is 10.0 Å². The van der Waals surface area contributed by atoms with Gasteiger partial charge >= 0.3 is 11.7 Å². The first kappa shape index (κ1) is 16.4. The molecule has 0 aliphatic heterocycles. The highest BCUT2D eigenvalue weighted by Gasteiger charge is 2.37. The maximum atomic E-state index is 11.6. The Labute approximate surface area is 132 Å². The van der Waals surface area contributed by atoms with E-state index in [2.05, 4.69) is 9.97 Å². The summed E-state index contributed by atoms with van der Waals surface area (Å²) in [5.74, 6) is -1.04. The van der Waals surface area contributed by atoms with Crippen LogP contribution in [0.25, 0.3) is 0 Å². The fourth-order valence-electron chi connectivity index (χ4n) is 2.91. The lowest BCUT2D eigenvalue weighted by Crippen LogP contribution is -2.47. The third-order valence-corrected chi connectivity index (χ3v) is 4.07. The summed E-state index contributed by atoms with van der Waals surface area (Å²) in [6.45, 7) is 1.73. The highest BCUT2D eigenvalue weighted by Crippen LogP contribution is 2.35. The first-order valence-electron chi connectivity index (χ1n) is 7.13. The lowest BCUT2D eigenvalue weighted by Gasteiger charge is -2.34. The molecule has 1 N–H and O–H groups in total. The fourth-order valence-corrected chi connectivity index (χ4v) is 3.04. The predicted molar refractivity (Wildman–Crippen MR) is 80.1 cm³/mol. The van der Waals surface area contributed by atoms with Crippen LogP contribution in [-0.4, -0.2) is 38.1 Å². The molecule has 22 heavy (non-hydrogen) atoms. The first-order valence-corrected chi connectivity index (χ1v) is 7.51. The zero-order chi connectivity index (χ0) is 16.3. The number of aliphatic carboxylic acids is 1. The first-order chi connectivity index (χ1) is 10.5. The van der Waals surface area contributed by atoms with E-state index in [-0.39, 0.29) is 22.8 Å². The number of nitrogens with zero attached hydrogens (tertiary/aromatic N) is 4. The monoisotopic (exact) mass is 328 g/mol. The summed E-state index contributed by atoms with van der Waals surface area (Å²) < 4.78 is 0. The molecule has 120 valence electrons. The quantitative estimate of drug-likeness (QED) is 0.485. The molecule has 1 saturated carbocycles. The van der Waals surface area contributed by atoms with Crippen molar-refractivity contribution in [1.82, 2.24) is 9.97 Å². The third-order valence-electron chi connectivity index (χ3n) is 3.89. The average molecular weight is 329 g/mol. The molecular weight excluding hydrogens is 312 g/mol. The van der Waals surface area contributed by atoms with E-state index in [1.54, 1.807) is 11.8 Å². The van der Waals surface area contributed by atoms with Gasteiger partial charge in [-0.3, -0.25) is 10.1 Å². The van der Waals surface area contributed by atoms with Crippen LogP contribution in [0.3, 0.4) is 0 Å². The van der Waals surface area contributed by atoms with Crippen LogP contribution >= 0.6 is 11.6 Å². The SMILES string of the molecule is CC[C@@H](C(=O)O)N(c1nc(Cl)ncc1[N+](=O)[O-])C1CCCC1. The second-order valence-electron chi connectivity index (χ2n) is 5.21. The highest BCUT2D eigenvalue weighted by molar-refractivity contribution is 6.28. The van der Waals surface area contributed by atoms with Gasteiger partial charge in [0.05, 0.1) is 4.92 Å². The number of rotatable bonds is 6. The summed E-state index contributed by atoms with van der Waals surface area (Å²) in [6.07, 6.45) is 4.82. The molecule has 9 heteroatoms. The van der Waals surface area contributed by atoms with Gasteiger partial charge in [0.15, 0.2) is 0 Å². The van der Waals surface area contributed by atoms with Crippen molar-refractivity contribution in [3.8, 4) is 0 Å². The van der Waals surface area contributed by atoms with Gasteiger partial charge in [0.1, 0.15) is 12.2 Å². The van der Waals surface area contributed by atoms with Crippen LogP contribution in [0.15, 0.2) is 6.20 Å². The van der Waals surface area contributed by atoms with Gasteiger partial charge in [-0.1, -0.05) is 19.8 Å². The molecule has 0 radical (unpaired) electrons. The Morgan fingerprint density at radius 2 is 2.23 bits per heavy atom. The zero-order valence-corrected chi connectivity index (χ0v) is 12.9. The van der Waals surface area contributed by atoms with Crippen molar-refractivity contribution in [3.05, 3.63) is 21.6 Å². The van der Waals surface area contributed by atoms with E-state index in [4.69, 9.17) is 11.6 Å². The molecule has 1 fully saturated rings. The van der Waals surface area contributed by atoms with Gasteiger partial charge in [-0.05, 0) is 30.9 Å².